The molecule has 0 aromatic carbocycles. The number of rotatable bonds is 8. The lowest BCUT2D eigenvalue weighted by Crippen LogP contribution is -2.36. The Balaban J connectivity index is 0.00000200. The van der Waals surface area contributed by atoms with Crippen molar-refractivity contribution in [3.05, 3.63) is 0 Å². The van der Waals surface area contributed by atoms with Gasteiger partial charge in [0.15, 0.2) is 0 Å². The number of piperidine rings is 1. The number of hydrogen-bond acceptors (Lipinski definition) is 3. The van der Waals surface area contributed by atoms with Crippen LogP contribution < -0.4 is 10.6 Å². The summed E-state index contributed by atoms with van der Waals surface area (Å²) in [5, 5.41) is 6.38. The van der Waals surface area contributed by atoms with Gasteiger partial charge in [0, 0.05) is 19.6 Å². The van der Waals surface area contributed by atoms with Crippen LogP contribution in [0.2, 0.25) is 0 Å². The van der Waals surface area contributed by atoms with Crippen molar-refractivity contribution in [2.45, 2.75) is 39.0 Å². The van der Waals surface area contributed by atoms with E-state index in [0.717, 1.165) is 25.6 Å². The maximum absolute atomic E-state index is 11.8. The van der Waals surface area contributed by atoms with Crippen LogP contribution in [-0.2, 0) is 9.53 Å². The Hall–Kier alpha value is -0.320. The zero-order chi connectivity index (χ0) is 13.5. The van der Waals surface area contributed by atoms with E-state index >= 15 is 0 Å². The SMILES string of the molecule is CC(CC(=O)NCCOCC1CC1)C1CCCNC1.Cl. The van der Waals surface area contributed by atoms with Gasteiger partial charge in [-0.05, 0) is 56.5 Å². The molecule has 1 saturated heterocycles. The van der Waals surface area contributed by atoms with E-state index in [1.807, 2.05) is 0 Å². The van der Waals surface area contributed by atoms with E-state index in [0.29, 0.717) is 31.4 Å². The molecule has 2 fully saturated rings. The average Bonchev–Trinajstić information content (AvgIpc) is 3.23. The zero-order valence-corrected chi connectivity index (χ0v) is 13.3. The third kappa shape index (κ3) is 6.91. The summed E-state index contributed by atoms with van der Waals surface area (Å²) >= 11 is 0. The van der Waals surface area contributed by atoms with Crippen molar-refractivity contribution in [3.8, 4) is 0 Å². The predicted molar refractivity (Wildman–Crippen MR) is 83.2 cm³/mol. The Kier molecular flexibility index (Phi) is 8.50. The Labute approximate surface area is 128 Å². The predicted octanol–water partition coefficient (Wildman–Crippen LogP) is 1.98. The second-order valence-electron chi connectivity index (χ2n) is 6.16. The molecular weight excluding hydrogens is 276 g/mol. The summed E-state index contributed by atoms with van der Waals surface area (Å²) in [7, 11) is 0. The standard InChI is InChI=1S/C15H28N2O2.ClH/c1-12(14-3-2-6-16-10-14)9-15(18)17-7-8-19-11-13-4-5-13;/h12-14,16H,2-11H2,1H3,(H,17,18);1H. The highest BCUT2D eigenvalue weighted by atomic mass is 35.5. The molecular formula is C15H29ClN2O2. The molecule has 5 heteroatoms. The van der Waals surface area contributed by atoms with E-state index in [4.69, 9.17) is 4.74 Å². The molecule has 2 atom stereocenters. The van der Waals surface area contributed by atoms with E-state index in [2.05, 4.69) is 17.6 Å². The molecule has 0 aromatic rings. The van der Waals surface area contributed by atoms with Gasteiger partial charge in [-0.3, -0.25) is 4.79 Å². The minimum absolute atomic E-state index is 0. The van der Waals surface area contributed by atoms with E-state index in [9.17, 15) is 4.79 Å². The van der Waals surface area contributed by atoms with E-state index in [1.54, 1.807) is 0 Å². The van der Waals surface area contributed by atoms with Crippen LogP contribution in [0.4, 0.5) is 0 Å². The van der Waals surface area contributed by atoms with Gasteiger partial charge in [-0.2, -0.15) is 0 Å². The molecule has 1 aliphatic heterocycles. The average molecular weight is 305 g/mol. The molecule has 0 spiro atoms. The number of carbonyl (C=O) groups is 1. The van der Waals surface area contributed by atoms with Gasteiger partial charge in [0.2, 0.25) is 5.91 Å². The van der Waals surface area contributed by atoms with Crippen molar-refractivity contribution in [1.29, 1.82) is 0 Å². The Morgan fingerprint density at radius 3 is 2.85 bits per heavy atom. The molecule has 1 saturated carbocycles. The quantitative estimate of drug-likeness (QED) is 0.674. The molecule has 4 nitrogen and oxygen atoms in total. The maximum atomic E-state index is 11.8. The molecule has 0 aromatic heterocycles. The first kappa shape index (κ1) is 17.7. The summed E-state index contributed by atoms with van der Waals surface area (Å²) in [5.74, 6) is 2.11. The van der Waals surface area contributed by atoms with Crippen LogP contribution in [0.3, 0.4) is 0 Å². The summed E-state index contributed by atoms with van der Waals surface area (Å²) in [6, 6.07) is 0. The first-order valence-electron chi connectivity index (χ1n) is 7.81. The molecule has 2 aliphatic rings. The summed E-state index contributed by atoms with van der Waals surface area (Å²) in [5.41, 5.74) is 0. The maximum Gasteiger partial charge on any atom is 0.220 e. The zero-order valence-electron chi connectivity index (χ0n) is 12.5. The molecule has 118 valence electrons. The van der Waals surface area contributed by atoms with Crippen molar-refractivity contribution in [2.24, 2.45) is 17.8 Å². The van der Waals surface area contributed by atoms with Gasteiger partial charge in [-0.1, -0.05) is 6.92 Å². The Bertz CT molecular complexity index is 279. The number of amides is 1. The smallest absolute Gasteiger partial charge is 0.220 e. The molecule has 0 radical (unpaired) electrons. The topological polar surface area (TPSA) is 50.4 Å². The fourth-order valence-electron chi connectivity index (χ4n) is 2.69. The van der Waals surface area contributed by atoms with E-state index in [1.165, 1.54) is 25.7 Å². The number of halogens is 1. The largest absolute Gasteiger partial charge is 0.379 e. The first-order chi connectivity index (χ1) is 9.25. The monoisotopic (exact) mass is 304 g/mol. The van der Waals surface area contributed by atoms with E-state index in [-0.39, 0.29) is 18.3 Å². The van der Waals surface area contributed by atoms with Gasteiger partial charge in [0.05, 0.1) is 6.61 Å². The minimum atomic E-state index is 0. The van der Waals surface area contributed by atoms with Gasteiger partial charge < -0.3 is 15.4 Å². The van der Waals surface area contributed by atoms with Crippen molar-refractivity contribution < 1.29 is 9.53 Å². The molecule has 2 unspecified atom stereocenters. The van der Waals surface area contributed by atoms with Crippen molar-refractivity contribution in [2.75, 3.05) is 32.8 Å². The highest BCUT2D eigenvalue weighted by Gasteiger charge is 2.22. The number of carbonyl (C=O) groups excluding carboxylic acids is 1. The van der Waals surface area contributed by atoms with Crippen molar-refractivity contribution in [1.82, 2.24) is 10.6 Å². The fraction of sp³-hybridized carbons (Fsp3) is 0.933. The third-order valence-corrected chi connectivity index (χ3v) is 4.27. The first-order valence-corrected chi connectivity index (χ1v) is 7.81. The molecule has 1 amide bonds. The van der Waals surface area contributed by atoms with Crippen molar-refractivity contribution in [3.63, 3.8) is 0 Å². The summed E-state index contributed by atoms with van der Waals surface area (Å²) in [6.07, 6.45) is 5.78. The second kappa shape index (κ2) is 9.59. The van der Waals surface area contributed by atoms with Gasteiger partial charge in [0.1, 0.15) is 0 Å². The number of ether oxygens (including phenoxy) is 1. The van der Waals surface area contributed by atoms with Gasteiger partial charge in [-0.15, -0.1) is 12.4 Å². The molecule has 20 heavy (non-hydrogen) atoms. The molecule has 1 heterocycles. The molecule has 1 aliphatic carbocycles. The van der Waals surface area contributed by atoms with Crippen LogP contribution in [0.25, 0.3) is 0 Å². The van der Waals surface area contributed by atoms with Gasteiger partial charge in [-0.25, -0.2) is 0 Å². The summed E-state index contributed by atoms with van der Waals surface area (Å²) < 4.78 is 5.50. The van der Waals surface area contributed by atoms with Gasteiger partial charge in [0.25, 0.3) is 0 Å². The Morgan fingerprint density at radius 1 is 1.40 bits per heavy atom. The molecule has 2 rings (SSSR count). The molecule has 2 N–H and O–H groups in total. The Morgan fingerprint density at radius 2 is 2.20 bits per heavy atom. The van der Waals surface area contributed by atoms with E-state index < -0.39 is 0 Å². The lowest BCUT2D eigenvalue weighted by atomic mass is 9.85. The van der Waals surface area contributed by atoms with Crippen molar-refractivity contribution >= 4 is 18.3 Å². The van der Waals surface area contributed by atoms with Crippen LogP contribution in [-0.4, -0.2) is 38.8 Å². The van der Waals surface area contributed by atoms with Crippen LogP contribution >= 0.6 is 12.4 Å². The van der Waals surface area contributed by atoms with Crippen LogP contribution in [0.1, 0.15) is 39.0 Å². The van der Waals surface area contributed by atoms with Crippen LogP contribution in [0, 0.1) is 17.8 Å². The lowest BCUT2D eigenvalue weighted by molar-refractivity contribution is -0.122. The summed E-state index contributed by atoms with van der Waals surface area (Å²) in [6.45, 7) is 6.58. The fourth-order valence-corrected chi connectivity index (χ4v) is 2.69. The highest BCUT2D eigenvalue weighted by Crippen LogP contribution is 2.28. The second-order valence-corrected chi connectivity index (χ2v) is 6.16. The van der Waals surface area contributed by atoms with Crippen LogP contribution in [0.15, 0.2) is 0 Å². The number of hydrogen-bond donors (Lipinski definition) is 2. The molecule has 0 bridgehead atoms. The minimum Gasteiger partial charge on any atom is -0.379 e. The normalized spacial score (nSPS) is 23.8. The number of nitrogens with one attached hydrogen (secondary N) is 2. The van der Waals surface area contributed by atoms with Crippen LogP contribution in [0.5, 0.6) is 0 Å². The van der Waals surface area contributed by atoms with Gasteiger partial charge >= 0.3 is 0 Å². The third-order valence-electron chi connectivity index (χ3n) is 4.27. The highest BCUT2D eigenvalue weighted by molar-refractivity contribution is 5.85. The summed E-state index contributed by atoms with van der Waals surface area (Å²) in [4.78, 5) is 11.8. The lowest BCUT2D eigenvalue weighted by Gasteiger charge is -2.28.